The molecule has 0 radical (unpaired) electrons. The highest BCUT2D eigenvalue weighted by Gasteiger charge is 2.31. The highest BCUT2D eigenvalue weighted by atomic mass is 32.1. The van der Waals surface area contributed by atoms with Gasteiger partial charge in [0.15, 0.2) is 0 Å². The molecule has 2 heteroatoms. The Kier molecular flexibility index (Phi) is 3.03. The van der Waals surface area contributed by atoms with Gasteiger partial charge in [0.05, 0.1) is 0 Å². The van der Waals surface area contributed by atoms with Crippen molar-refractivity contribution >= 4 is 11.3 Å². The van der Waals surface area contributed by atoms with E-state index in [9.17, 15) is 0 Å². The molecule has 1 fully saturated rings. The Labute approximate surface area is 102 Å². The summed E-state index contributed by atoms with van der Waals surface area (Å²) in [5, 5.41) is 2.29. The third kappa shape index (κ3) is 1.93. The molecule has 1 aromatic heterocycles. The summed E-state index contributed by atoms with van der Waals surface area (Å²) in [5.74, 6) is 1.80. The molecule has 0 aromatic carbocycles. The fraction of sp³-hybridized carbons (Fsp3) is 0.714. The number of rotatable bonds is 1. The third-order valence-electron chi connectivity index (χ3n) is 4.32. The second-order valence-corrected chi connectivity index (χ2v) is 6.50. The second kappa shape index (κ2) is 4.50. The summed E-state index contributed by atoms with van der Waals surface area (Å²) in [6.45, 7) is 2.46. The zero-order chi connectivity index (χ0) is 11.0. The largest absolute Gasteiger partial charge is 0.301 e. The van der Waals surface area contributed by atoms with Gasteiger partial charge in [-0.05, 0) is 42.8 Å². The zero-order valence-corrected chi connectivity index (χ0v) is 10.9. The fourth-order valence-electron chi connectivity index (χ4n) is 3.49. The molecule has 16 heavy (non-hydrogen) atoms. The molecular formula is C14H21NS. The van der Waals surface area contributed by atoms with Gasteiger partial charge in [-0.2, -0.15) is 0 Å². The van der Waals surface area contributed by atoms with E-state index in [-0.39, 0.29) is 0 Å². The van der Waals surface area contributed by atoms with Gasteiger partial charge >= 0.3 is 0 Å². The maximum atomic E-state index is 2.51. The van der Waals surface area contributed by atoms with Crippen LogP contribution in [0, 0.1) is 5.92 Å². The first-order valence-electron chi connectivity index (χ1n) is 6.59. The van der Waals surface area contributed by atoms with Gasteiger partial charge in [0.2, 0.25) is 0 Å². The van der Waals surface area contributed by atoms with Gasteiger partial charge in [0, 0.05) is 23.9 Å². The van der Waals surface area contributed by atoms with Crippen LogP contribution in [0.5, 0.6) is 0 Å². The highest BCUT2D eigenvalue weighted by Crippen LogP contribution is 2.41. The Bertz CT molecular complexity index is 351. The maximum Gasteiger partial charge on any atom is 0.0328 e. The summed E-state index contributed by atoms with van der Waals surface area (Å²) in [7, 11) is 2.28. The second-order valence-electron chi connectivity index (χ2n) is 5.50. The van der Waals surface area contributed by atoms with E-state index in [2.05, 4.69) is 23.4 Å². The van der Waals surface area contributed by atoms with Crippen molar-refractivity contribution in [3.63, 3.8) is 0 Å². The molecule has 1 unspecified atom stereocenters. The van der Waals surface area contributed by atoms with E-state index in [0.717, 1.165) is 11.8 Å². The van der Waals surface area contributed by atoms with Crippen molar-refractivity contribution in [2.45, 2.75) is 44.6 Å². The van der Waals surface area contributed by atoms with Crippen LogP contribution < -0.4 is 0 Å². The van der Waals surface area contributed by atoms with Crippen molar-refractivity contribution in [1.82, 2.24) is 4.90 Å². The molecule has 88 valence electrons. The predicted octanol–water partition coefficient (Wildman–Crippen LogP) is 3.86. The summed E-state index contributed by atoms with van der Waals surface area (Å²) >= 11 is 1.96. The van der Waals surface area contributed by atoms with E-state index in [1.54, 1.807) is 10.4 Å². The van der Waals surface area contributed by atoms with Crippen molar-refractivity contribution in [2.24, 2.45) is 5.92 Å². The molecule has 0 N–H and O–H groups in total. The Morgan fingerprint density at radius 3 is 2.88 bits per heavy atom. The lowest BCUT2D eigenvalue weighted by atomic mass is 9.75. The van der Waals surface area contributed by atoms with Crippen molar-refractivity contribution in [1.29, 1.82) is 0 Å². The molecule has 0 saturated heterocycles. The zero-order valence-electron chi connectivity index (χ0n) is 10.1. The first-order valence-corrected chi connectivity index (χ1v) is 7.47. The third-order valence-corrected chi connectivity index (χ3v) is 5.24. The molecule has 1 aromatic rings. The van der Waals surface area contributed by atoms with Crippen LogP contribution in [0.15, 0.2) is 11.4 Å². The highest BCUT2D eigenvalue weighted by molar-refractivity contribution is 7.10. The summed E-state index contributed by atoms with van der Waals surface area (Å²) in [4.78, 5) is 4.14. The molecule has 2 heterocycles. The normalized spacial score (nSPS) is 27.9. The molecule has 1 aliphatic carbocycles. The van der Waals surface area contributed by atoms with Crippen LogP contribution in [0.1, 0.15) is 48.5 Å². The minimum absolute atomic E-state index is 0.834. The predicted molar refractivity (Wildman–Crippen MR) is 70.0 cm³/mol. The van der Waals surface area contributed by atoms with E-state index < -0.39 is 0 Å². The van der Waals surface area contributed by atoms with Gasteiger partial charge in [0.25, 0.3) is 0 Å². The molecule has 1 atom stereocenters. The van der Waals surface area contributed by atoms with Crippen molar-refractivity contribution in [2.75, 3.05) is 13.6 Å². The molecule has 0 amide bonds. The average Bonchev–Trinajstić information content (AvgIpc) is 2.77. The number of hydrogen-bond acceptors (Lipinski definition) is 2. The SMILES string of the molecule is CN1Cc2sccc2C(C2CCCCC2)C1. The summed E-state index contributed by atoms with van der Waals surface area (Å²) < 4.78 is 0. The Morgan fingerprint density at radius 2 is 2.06 bits per heavy atom. The van der Waals surface area contributed by atoms with Gasteiger partial charge < -0.3 is 4.90 Å². The molecule has 1 nitrogen and oxygen atoms in total. The van der Waals surface area contributed by atoms with Crippen molar-refractivity contribution < 1.29 is 0 Å². The first kappa shape index (κ1) is 10.8. The number of thiophene rings is 1. The number of likely N-dealkylation sites (N-methyl/N-ethyl adjacent to an activating group) is 1. The smallest absolute Gasteiger partial charge is 0.0328 e. The van der Waals surface area contributed by atoms with Gasteiger partial charge in [-0.3, -0.25) is 0 Å². The van der Waals surface area contributed by atoms with Gasteiger partial charge in [-0.15, -0.1) is 11.3 Å². The van der Waals surface area contributed by atoms with Crippen LogP contribution >= 0.6 is 11.3 Å². The van der Waals surface area contributed by atoms with Crippen LogP contribution in [0.25, 0.3) is 0 Å². The van der Waals surface area contributed by atoms with E-state index in [0.29, 0.717) is 0 Å². The number of nitrogens with zero attached hydrogens (tertiary/aromatic N) is 1. The molecule has 3 rings (SSSR count). The maximum absolute atomic E-state index is 2.51. The Hall–Kier alpha value is -0.340. The number of fused-ring (bicyclic) bond motifs is 1. The average molecular weight is 235 g/mol. The topological polar surface area (TPSA) is 3.24 Å². The van der Waals surface area contributed by atoms with Crippen LogP contribution in [-0.2, 0) is 6.54 Å². The lowest BCUT2D eigenvalue weighted by Gasteiger charge is -2.37. The molecule has 0 bridgehead atoms. The molecular weight excluding hydrogens is 214 g/mol. The Balaban J connectivity index is 1.84. The molecule has 1 saturated carbocycles. The van der Waals surface area contributed by atoms with Crippen molar-refractivity contribution in [3.05, 3.63) is 21.9 Å². The first-order chi connectivity index (χ1) is 7.84. The quantitative estimate of drug-likeness (QED) is 0.714. The van der Waals surface area contributed by atoms with E-state index in [1.807, 2.05) is 11.3 Å². The van der Waals surface area contributed by atoms with Crippen LogP contribution in [-0.4, -0.2) is 18.5 Å². The minimum Gasteiger partial charge on any atom is -0.301 e. The van der Waals surface area contributed by atoms with Gasteiger partial charge in [-0.25, -0.2) is 0 Å². The summed E-state index contributed by atoms with van der Waals surface area (Å²) in [6, 6.07) is 2.40. The van der Waals surface area contributed by atoms with E-state index in [4.69, 9.17) is 0 Å². The summed E-state index contributed by atoms with van der Waals surface area (Å²) in [6.07, 6.45) is 7.33. The monoisotopic (exact) mass is 235 g/mol. The minimum atomic E-state index is 0.834. The molecule has 2 aliphatic rings. The van der Waals surface area contributed by atoms with E-state index in [1.165, 1.54) is 45.2 Å². The molecule has 0 spiro atoms. The standard InChI is InChI=1S/C14H21NS/c1-15-9-13(11-5-3-2-4-6-11)12-7-8-16-14(12)10-15/h7-8,11,13H,2-6,9-10H2,1H3. The number of hydrogen-bond donors (Lipinski definition) is 0. The Morgan fingerprint density at radius 1 is 1.25 bits per heavy atom. The van der Waals surface area contributed by atoms with E-state index >= 15 is 0 Å². The summed E-state index contributed by atoms with van der Waals surface area (Å²) in [5.41, 5.74) is 1.69. The fourth-order valence-corrected chi connectivity index (χ4v) is 4.52. The lowest BCUT2D eigenvalue weighted by Crippen LogP contribution is -2.33. The molecule has 1 aliphatic heterocycles. The van der Waals surface area contributed by atoms with Crippen LogP contribution in [0.2, 0.25) is 0 Å². The van der Waals surface area contributed by atoms with Crippen LogP contribution in [0.4, 0.5) is 0 Å². The van der Waals surface area contributed by atoms with Crippen LogP contribution in [0.3, 0.4) is 0 Å². The van der Waals surface area contributed by atoms with Gasteiger partial charge in [0.1, 0.15) is 0 Å². The lowest BCUT2D eigenvalue weighted by molar-refractivity contribution is 0.211. The van der Waals surface area contributed by atoms with Crippen molar-refractivity contribution in [3.8, 4) is 0 Å². The van der Waals surface area contributed by atoms with Gasteiger partial charge in [-0.1, -0.05) is 19.3 Å².